The normalized spacial score (nSPS) is 15.6. The first-order chi connectivity index (χ1) is 5.25. The van der Waals surface area contributed by atoms with Gasteiger partial charge >= 0.3 is 0 Å². The predicted octanol–water partition coefficient (Wildman–Crippen LogP) is 0.854. The summed E-state index contributed by atoms with van der Waals surface area (Å²) in [6.45, 7) is 7.16. The standard InChI is InChI=1S/C7H17NO3S/c1-5(2)7(8-6(3)4)12(9,10)11/h5-8H,1-4H3,(H,9,10,11). The highest BCUT2D eigenvalue weighted by molar-refractivity contribution is 7.86. The van der Waals surface area contributed by atoms with Gasteiger partial charge in [-0.05, 0) is 19.8 Å². The SMILES string of the molecule is CC(C)NC(C(C)C)S(=O)(=O)O. The van der Waals surface area contributed by atoms with Crippen molar-refractivity contribution in [1.82, 2.24) is 5.32 Å². The van der Waals surface area contributed by atoms with Gasteiger partial charge in [0.1, 0.15) is 5.37 Å². The lowest BCUT2D eigenvalue weighted by Crippen LogP contribution is -2.44. The highest BCUT2D eigenvalue weighted by atomic mass is 32.2. The minimum absolute atomic E-state index is 0.0410. The zero-order valence-corrected chi connectivity index (χ0v) is 8.72. The Bertz CT molecular complexity index is 221. The molecule has 5 heteroatoms. The third-order valence-electron chi connectivity index (χ3n) is 1.42. The topological polar surface area (TPSA) is 66.4 Å². The van der Waals surface area contributed by atoms with Gasteiger partial charge in [-0.3, -0.25) is 9.87 Å². The summed E-state index contributed by atoms with van der Waals surface area (Å²) in [6, 6.07) is 0.0410. The predicted molar refractivity (Wildman–Crippen MR) is 48.4 cm³/mol. The molecule has 0 heterocycles. The van der Waals surface area contributed by atoms with Crippen molar-refractivity contribution >= 4 is 10.1 Å². The van der Waals surface area contributed by atoms with Crippen molar-refractivity contribution in [2.24, 2.45) is 5.92 Å². The van der Waals surface area contributed by atoms with Crippen molar-refractivity contribution in [3.63, 3.8) is 0 Å². The van der Waals surface area contributed by atoms with Gasteiger partial charge < -0.3 is 0 Å². The average Bonchev–Trinajstić information content (AvgIpc) is 1.79. The molecule has 0 spiro atoms. The Hall–Kier alpha value is -0.130. The third-order valence-corrected chi connectivity index (χ3v) is 2.75. The Balaban J connectivity index is 4.47. The van der Waals surface area contributed by atoms with Crippen LogP contribution in [-0.4, -0.2) is 24.4 Å². The van der Waals surface area contributed by atoms with Crippen molar-refractivity contribution in [1.29, 1.82) is 0 Å². The van der Waals surface area contributed by atoms with Crippen LogP contribution in [0.4, 0.5) is 0 Å². The molecular formula is C7H17NO3S. The highest BCUT2D eigenvalue weighted by Crippen LogP contribution is 2.08. The maximum atomic E-state index is 10.8. The van der Waals surface area contributed by atoms with E-state index in [0.717, 1.165) is 0 Å². The minimum Gasteiger partial charge on any atom is -0.297 e. The van der Waals surface area contributed by atoms with Crippen LogP contribution in [0.15, 0.2) is 0 Å². The fraction of sp³-hybridized carbons (Fsp3) is 1.00. The maximum Gasteiger partial charge on any atom is 0.281 e. The molecule has 0 aromatic heterocycles. The minimum atomic E-state index is -3.97. The van der Waals surface area contributed by atoms with Crippen LogP contribution < -0.4 is 5.32 Å². The Morgan fingerprint density at radius 2 is 1.58 bits per heavy atom. The summed E-state index contributed by atoms with van der Waals surface area (Å²) in [6.07, 6.45) is 0. The molecule has 0 bridgehead atoms. The molecule has 0 amide bonds. The molecule has 1 atom stereocenters. The van der Waals surface area contributed by atoms with Crippen LogP contribution >= 0.6 is 0 Å². The molecule has 1 unspecified atom stereocenters. The Labute approximate surface area is 74.1 Å². The van der Waals surface area contributed by atoms with Crippen molar-refractivity contribution in [3.05, 3.63) is 0 Å². The molecule has 0 aliphatic rings. The largest absolute Gasteiger partial charge is 0.297 e. The number of nitrogens with one attached hydrogen (secondary N) is 1. The number of hydrogen-bond acceptors (Lipinski definition) is 3. The maximum absolute atomic E-state index is 10.8. The van der Waals surface area contributed by atoms with Crippen LogP contribution in [0.2, 0.25) is 0 Å². The lowest BCUT2D eigenvalue weighted by Gasteiger charge is -2.21. The van der Waals surface area contributed by atoms with Gasteiger partial charge in [-0.25, -0.2) is 0 Å². The van der Waals surface area contributed by atoms with Gasteiger partial charge in [-0.1, -0.05) is 13.8 Å². The zero-order chi connectivity index (χ0) is 9.94. The van der Waals surface area contributed by atoms with Crippen molar-refractivity contribution < 1.29 is 13.0 Å². The first-order valence-electron chi connectivity index (χ1n) is 3.97. The molecule has 2 N–H and O–H groups in total. The zero-order valence-electron chi connectivity index (χ0n) is 7.90. The molecule has 0 saturated carbocycles. The average molecular weight is 195 g/mol. The number of rotatable bonds is 4. The van der Waals surface area contributed by atoms with Crippen molar-refractivity contribution in [3.8, 4) is 0 Å². The summed E-state index contributed by atoms with van der Waals surface area (Å²) >= 11 is 0. The second kappa shape index (κ2) is 4.20. The van der Waals surface area contributed by atoms with E-state index in [1.54, 1.807) is 13.8 Å². The third kappa shape index (κ3) is 4.04. The Morgan fingerprint density at radius 1 is 1.17 bits per heavy atom. The first-order valence-corrected chi connectivity index (χ1v) is 5.47. The molecule has 0 saturated heterocycles. The highest BCUT2D eigenvalue weighted by Gasteiger charge is 2.26. The number of hydrogen-bond donors (Lipinski definition) is 2. The van der Waals surface area contributed by atoms with E-state index in [1.165, 1.54) is 0 Å². The van der Waals surface area contributed by atoms with E-state index >= 15 is 0 Å². The molecule has 0 aliphatic carbocycles. The quantitative estimate of drug-likeness (QED) is 0.653. The molecule has 0 aromatic rings. The summed E-state index contributed by atoms with van der Waals surface area (Å²) < 4.78 is 30.4. The van der Waals surface area contributed by atoms with E-state index in [1.807, 2.05) is 13.8 Å². The van der Waals surface area contributed by atoms with E-state index in [0.29, 0.717) is 0 Å². The van der Waals surface area contributed by atoms with E-state index in [4.69, 9.17) is 4.55 Å². The molecule has 0 aromatic carbocycles. The molecule has 0 fully saturated rings. The van der Waals surface area contributed by atoms with E-state index in [9.17, 15) is 8.42 Å². The summed E-state index contributed by atoms with van der Waals surface area (Å²) in [5.41, 5.74) is 0. The van der Waals surface area contributed by atoms with Gasteiger partial charge in [0.15, 0.2) is 0 Å². The van der Waals surface area contributed by atoms with Gasteiger partial charge in [0.2, 0.25) is 0 Å². The van der Waals surface area contributed by atoms with Crippen molar-refractivity contribution in [2.75, 3.05) is 0 Å². The molecule has 74 valence electrons. The van der Waals surface area contributed by atoms with Crippen LogP contribution in [0.1, 0.15) is 27.7 Å². The van der Waals surface area contributed by atoms with E-state index in [2.05, 4.69) is 5.32 Å². The van der Waals surface area contributed by atoms with E-state index in [-0.39, 0.29) is 12.0 Å². The Kier molecular flexibility index (Phi) is 4.16. The van der Waals surface area contributed by atoms with Gasteiger partial charge in [0.25, 0.3) is 10.1 Å². The summed E-state index contributed by atoms with van der Waals surface area (Å²) in [5.74, 6) is -0.137. The summed E-state index contributed by atoms with van der Waals surface area (Å²) in [7, 11) is -3.97. The lowest BCUT2D eigenvalue weighted by molar-refractivity contribution is 0.393. The summed E-state index contributed by atoms with van der Waals surface area (Å²) in [4.78, 5) is 0. The second-order valence-corrected chi connectivity index (χ2v) is 5.04. The van der Waals surface area contributed by atoms with E-state index < -0.39 is 15.5 Å². The smallest absolute Gasteiger partial charge is 0.281 e. The fourth-order valence-electron chi connectivity index (χ4n) is 0.951. The van der Waals surface area contributed by atoms with Crippen LogP contribution in [0.5, 0.6) is 0 Å². The molecule has 4 nitrogen and oxygen atoms in total. The second-order valence-electron chi connectivity index (χ2n) is 3.50. The van der Waals surface area contributed by atoms with Gasteiger partial charge in [0, 0.05) is 6.04 Å². The van der Waals surface area contributed by atoms with Gasteiger partial charge in [-0.2, -0.15) is 8.42 Å². The molecule has 0 aliphatic heterocycles. The summed E-state index contributed by atoms with van der Waals surface area (Å²) in [5, 5.41) is 1.92. The Morgan fingerprint density at radius 3 is 1.67 bits per heavy atom. The fourth-order valence-corrected chi connectivity index (χ4v) is 2.08. The molecule has 0 radical (unpaired) electrons. The molecule has 12 heavy (non-hydrogen) atoms. The first kappa shape index (κ1) is 11.9. The molecular weight excluding hydrogens is 178 g/mol. The van der Waals surface area contributed by atoms with Gasteiger partial charge in [0.05, 0.1) is 0 Å². The van der Waals surface area contributed by atoms with Crippen LogP contribution in [-0.2, 0) is 10.1 Å². The van der Waals surface area contributed by atoms with Gasteiger partial charge in [-0.15, -0.1) is 0 Å². The van der Waals surface area contributed by atoms with Crippen LogP contribution in [0.25, 0.3) is 0 Å². The molecule has 0 rings (SSSR count). The monoisotopic (exact) mass is 195 g/mol. The van der Waals surface area contributed by atoms with Crippen LogP contribution in [0, 0.1) is 5.92 Å². The van der Waals surface area contributed by atoms with Crippen molar-refractivity contribution in [2.45, 2.75) is 39.1 Å². The van der Waals surface area contributed by atoms with Crippen LogP contribution in [0.3, 0.4) is 0 Å². The lowest BCUT2D eigenvalue weighted by atomic mass is 10.2.